The van der Waals surface area contributed by atoms with Gasteiger partial charge in [0.25, 0.3) is 0 Å². The minimum atomic E-state index is -0.683. The predicted molar refractivity (Wildman–Crippen MR) is 65.6 cm³/mol. The second-order valence-electron chi connectivity index (χ2n) is 4.15. The normalized spacial score (nSPS) is 10.4. The number of carbonyl (C=O) groups excluding carboxylic acids is 1. The van der Waals surface area contributed by atoms with Gasteiger partial charge in [0.15, 0.2) is 5.78 Å². The maximum Gasteiger partial charge on any atom is 0.167 e. The molecule has 0 bridgehead atoms. The van der Waals surface area contributed by atoms with Gasteiger partial charge in [-0.15, -0.1) is 0 Å². The van der Waals surface area contributed by atoms with Crippen LogP contribution in [-0.4, -0.2) is 5.78 Å². The van der Waals surface area contributed by atoms with E-state index in [1.165, 1.54) is 6.07 Å². The SMILES string of the molecule is Cc1ccccc1C(=O)Cc1ccc(F)cc1F. The Labute approximate surface area is 104 Å². The van der Waals surface area contributed by atoms with E-state index in [1.54, 1.807) is 12.1 Å². The zero-order valence-corrected chi connectivity index (χ0v) is 9.91. The zero-order valence-electron chi connectivity index (χ0n) is 9.91. The van der Waals surface area contributed by atoms with Crippen LogP contribution < -0.4 is 0 Å². The molecule has 18 heavy (non-hydrogen) atoms. The van der Waals surface area contributed by atoms with Crippen LogP contribution in [0.3, 0.4) is 0 Å². The van der Waals surface area contributed by atoms with E-state index in [1.807, 2.05) is 19.1 Å². The van der Waals surface area contributed by atoms with Gasteiger partial charge in [-0.25, -0.2) is 8.78 Å². The zero-order chi connectivity index (χ0) is 13.1. The fourth-order valence-corrected chi connectivity index (χ4v) is 1.82. The van der Waals surface area contributed by atoms with Crippen molar-refractivity contribution in [3.05, 3.63) is 70.8 Å². The third-order valence-corrected chi connectivity index (χ3v) is 2.81. The quantitative estimate of drug-likeness (QED) is 0.755. The van der Waals surface area contributed by atoms with Gasteiger partial charge >= 0.3 is 0 Å². The van der Waals surface area contributed by atoms with Gasteiger partial charge in [-0.3, -0.25) is 4.79 Å². The number of rotatable bonds is 3. The van der Waals surface area contributed by atoms with E-state index in [4.69, 9.17) is 0 Å². The van der Waals surface area contributed by atoms with E-state index in [2.05, 4.69) is 0 Å². The first kappa shape index (κ1) is 12.4. The van der Waals surface area contributed by atoms with E-state index in [-0.39, 0.29) is 17.8 Å². The summed E-state index contributed by atoms with van der Waals surface area (Å²) in [5.74, 6) is -1.49. The summed E-state index contributed by atoms with van der Waals surface area (Å²) in [6.45, 7) is 1.83. The standard InChI is InChI=1S/C15H12F2O/c1-10-4-2-3-5-13(10)15(18)8-11-6-7-12(16)9-14(11)17/h2-7,9H,8H2,1H3. The molecule has 2 rings (SSSR count). The lowest BCUT2D eigenvalue weighted by Crippen LogP contribution is -2.07. The fourth-order valence-electron chi connectivity index (χ4n) is 1.82. The largest absolute Gasteiger partial charge is 0.294 e. The van der Waals surface area contributed by atoms with Gasteiger partial charge in [-0.05, 0) is 24.1 Å². The van der Waals surface area contributed by atoms with Crippen LogP contribution in [0.2, 0.25) is 0 Å². The summed E-state index contributed by atoms with van der Waals surface area (Å²) in [6, 6.07) is 10.4. The summed E-state index contributed by atoms with van der Waals surface area (Å²) in [7, 11) is 0. The van der Waals surface area contributed by atoms with Gasteiger partial charge in [0.05, 0.1) is 0 Å². The Morgan fingerprint density at radius 3 is 2.50 bits per heavy atom. The van der Waals surface area contributed by atoms with E-state index in [0.717, 1.165) is 17.7 Å². The number of ketones is 1. The highest BCUT2D eigenvalue weighted by Crippen LogP contribution is 2.15. The number of carbonyl (C=O) groups is 1. The molecule has 0 aliphatic heterocycles. The van der Waals surface area contributed by atoms with Crippen molar-refractivity contribution < 1.29 is 13.6 Å². The molecule has 0 spiro atoms. The van der Waals surface area contributed by atoms with E-state index in [9.17, 15) is 13.6 Å². The fraction of sp³-hybridized carbons (Fsp3) is 0.133. The molecule has 0 aromatic heterocycles. The number of aryl methyl sites for hydroxylation is 1. The van der Waals surface area contributed by atoms with Crippen molar-refractivity contribution in [2.45, 2.75) is 13.3 Å². The van der Waals surface area contributed by atoms with E-state index in [0.29, 0.717) is 5.56 Å². The third-order valence-electron chi connectivity index (χ3n) is 2.81. The van der Waals surface area contributed by atoms with Gasteiger partial charge in [0.2, 0.25) is 0 Å². The summed E-state index contributed by atoms with van der Waals surface area (Å²) in [6.07, 6.45) is -0.0586. The summed E-state index contributed by atoms with van der Waals surface area (Å²) < 4.78 is 26.2. The first-order valence-corrected chi connectivity index (χ1v) is 5.60. The molecule has 0 saturated heterocycles. The topological polar surface area (TPSA) is 17.1 Å². The molecular weight excluding hydrogens is 234 g/mol. The maximum atomic E-state index is 13.4. The summed E-state index contributed by atoms with van der Waals surface area (Å²) in [5.41, 5.74) is 1.64. The highest BCUT2D eigenvalue weighted by Gasteiger charge is 2.12. The number of benzene rings is 2. The molecule has 1 nitrogen and oxygen atoms in total. The van der Waals surface area contributed by atoms with Crippen LogP contribution in [0, 0.1) is 18.6 Å². The van der Waals surface area contributed by atoms with Crippen molar-refractivity contribution >= 4 is 5.78 Å². The van der Waals surface area contributed by atoms with Gasteiger partial charge in [-0.2, -0.15) is 0 Å². The molecule has 3 heteroatoms. The Morgan fingerprint density at radius 2 is 1.83 bits per heavy atom. The molecule has 0 saturated carbocycles. The Balaban J connectivity index is 2.24. The Kier molecular flexibility index (Phi) is 3.51. The van der Waals surface area contributed by atoms with Crippen molar-refractivity contribution in [1.29, 1.82) is 0 Å². The van der Waals surface area contributed by atoms with Gasteiger partial charge in [0.1, 0.15) is 11.6 Å². The van der Waals surface area contributed by atoms with Crippen molar-refractivity contribution in [2.24, 2.45) is 0 Å². The van der Waals surface area contributed by atoms with Crippen molar-refractivity contribution in [3.8, 4) is 0 Å². The lowest BCUT2D eigenvalue weighted by atomic mass is 9.99. The van der Waals surface area contributed by atoms with Gasteiger partial charge in [0, 0.05) is 18.1 Å². The number of halogens is 2. The molecule has 0 heterocycles. The number of hydrogen-bond donors (Lipinski definition) is 0. The third kappa shape index (κ3) is 2.62. The van der Waals surface area contributed by atoms with Crippen molar-refractivity contribution in [2.75, 3.05) is 0 Å². The molecule has 0 aliphatic carbocycles. The van der Waals surface area contributed by atoms with Gasteiger partial charge < -0.3 is 0 Å². The van der Waals surface area contributed by atoms with Crippen LogP contribution in [0.5, 0.6) is 0 Å². The monoisotopic (exact) mass is 246 g/mol. The lowest BCUT2D eigenvalue weighted by molar-refractivity contribution is 0.0991. The Bertz CT molecular complexity index is 591. The Morgan fingerprint density at radius 1 is 1.11 bits per heavy atom. The highest BCUT2D eigenvalue weighted by molar-refractivity contribution is 5.98. The lowest BCUT2D eigenvalue weighted by Gasteiger charge is -2.05. The molecule has 0 unspecified atom stereocenters. The van der Waals surface area contributed by atoms with E-state index >= 15 is 0 Å². The average Bonchev–Trinajstić information content (AvgIpc) is 2.33. The highest BCUT2D eigenvalue weighted by atomic mass is 19.1. The van der Waals surface area contributed by atoms with Crippen LogP contribution in [0.25, 0.3) is 0 Å². The average molecular weight is 246 g/mol. The predicted octanol–water partition coefficient (Wildman–Crippen LogP) is 3.70. The van der Waals surface area contributed by atoms with Crippen LogP contribution in [0.1, 0.15) is 21.5 Å². The number of hydrogen-bond acceptors (Lipinski definition) is 1. The summed E-state index contributed by atoms with van der Waals surface area (Å²) in [5, 5.41) is 0. The molecule has 0 fully saturated rings. The minimum absolute atomic E-state index is 0.0586. The summed E-state index contributed by atoms with van der Waals surface area (Å²) in [4.78, 5) is 12.0. The summed E-state index contributed by atoms with van der Waals surface area (Å²) >= 11 is 0. The molecule has 0 aliphatic rings. The maximum absolute atomic E-state index is 13.4. The van der Waals surface area contributed by atoms with Crippen LogP contribution in [0.15, 0.2) is 42.5 Å². The first-order chi connectivity index (χ1) is 8.58. The van der Waals surface area contributed by atoms with Crippen LogP contribution >= 0.6 is 0 Å². The molecule has 2 aromatic rings. The smallest absolute Gasteiger partial charge is 0.167 e. The second kappa shape index (κ2) is 5.08. The Hall–Kier alpha value is -2.03. The molecule has 0 atom stereocenters. The molecule has 0 radical (unpaired) electrons. The molecule has 0 N–H and O–H groups in total. The van der Waals surface area contributed by atoms with Crippen molar-refractivity contribution in [1.82, 2.24) is 0 Å². The van der Waals surface area contributed by atoms with Crippen LogP contribution in [-0.2, 0) is 6.42 Å². The van der Waals surface area contributed by atoms with Crippen LogP contribution in [0.4, 0.5) is 8.78 Å². The molecular formula is C15H12F2O. The minimum Gasteiger partial charge on any atom is -0.294 e. The van der Waals surface area contributed by atoms with Gasteiger partial charge in [-0.1, -0.05) is 30.3 Å². The van der Waals surface area contributed by atoms with E-state index < -0.39 is 11.6 Å². The molecule has 2 aromatic carbocycles. The second-order valence-corrected chi connectivity index (χ2v) is 4.15. The first-order valence-electron chi connectivity index (χ1n) is 5.60. The number of Topliss-reactive ketones (excluding diaryl/α,β-unsaturated/α-hetero) is 1. The molecule has 92 valence electrons. The molecule has 0 amide bonds. The van der Waals surface area contributed by atoms with Crippen molar-refractivity contribution in [3.63, 3.8) is 0 Å².